The van der Waals surface area contributed by atoms with Crippen LogP contribution in [0.15, 0.2) is 49.5 Å². The number of methoxy groups -OCH3 is 1. The van der Waals surface area contributed by atoms with Gasteiger partial charge in [-0.1, -0.05) is 33.8 Å². The summed E-state index contributed by atoms with van der Waals surface area (Å²) in [4.78, 5) is 26.1. The van der Waals surface area contributed by atoms with Gasteiger partial charge in [0.1, 0.15) is 39.3 Å². The summed E-state index contributed by atoms with van der Waals surface area (Å²) in [6.07, 6.45) is 2.30. The van der Waals surface area contributed by atoms with E-state index in [1.165, 1.54) is 6.07 Å². The van der Waals surface area contributed by atoms with Crippen LogP contribution in [-0.2, 0) is 24.7 Å². The van der Waals surface area contributed by atoms with E-state index in [-0.39, 0.29) is 37.0 Å². The predicted octanol–water partition coefficient (Wildman–Crippen LogP) is 4.01. The quantitative estimate of drug-likeness (QED) is 0.0794. The van der Waals surface area contributed by atoms with Gasteiger partial charge in [0.2, 0.25) is 5.79 Å². The maximum absolute atomic E-state index is 12.9. The smallest absolute Gasteiger partial charge is 0.394 e. The third kappa shape index (κ3) is 6.96. The lowest BCUT2D eigenvalue weighted by atomic mass is 9.49. The molecule has 7 fully saturated rings. The van der Waals surface area contributed by atoms with Gasteiger partial charge in [0.25, 0.3) is 0 Å². The average Bonchev–Trinajstić information content (AvgIpc) is 3.67. The first-order valence-corrected chi connectivity index (χ1v) is 24.3. The van der Waals surface area contributed by atoms with Crippen LogP contribution in [0, 0.1) is 29.1 Å². The molecule has 3 aromatic rings. The second kappa shape index (κ2) is 16.0. The molecule has 7 aliphatic rings. The molecular formula is C47H65NO17S. The number of aliphatic hydroxyl groups is 6. The second-order valence-corrected chi connectivity index (χ2v) is 21.8. The molecule has 1 spiro atoms. The molecule has 14 unspecified atom stereocenters. The van der Waals surface area contributed by atoms with Crippen LogP contribution in [0.5, 0.6) is 5.75 Å². The molecule has 8 N–H and O–H groups in total. The fourth-order valence-electron chi connectivity index (χ4n) is 14.0. The van der Waals surface area contributed by atoms with Crippen LogP contribution >= 0.6 is 0 Å². The minimum absolute atomic E-state index is 0.0606. The number of ether oxygens (including phenoxy) is 3. The van der Waals surface area contributed by atoms with Gasteiger partial charge in [-0.3, -0.25) is 14.0 Å². The van der Waals surface area contributed by atoms with Gasteiger partial charge in [-0.15, -0.1) is 0 Å². The number of fused-ring (bicyclic) bond motifs is 7. The number of carbonyl (C=O) groups excluding carboxylic acids is 1. The Morgan fingerprint density at radius 3 is 2.23 bits per heavy atom. The topological polar surface area (TPSA) is 287 Å². The zero-order valence-electron chi connectivity index (χ0n) is 38.7. The lowest BCUT2D eigenvalue weighted by Gasteiger charge is -2.68. The van der Waals surface area contributed by atoms with E-state index in [0.717, 1.165) is 28.7 Å². The van der Waals surface area contributed by atoms with Crippen molar-refractivity contribution >= 4 is 38.3 Å². The maximum atomic E-state index is 12.9. The van der Waals surface area contributed by atoms with Crippen LogP contribution in [-0.4, -0.2) is 131 Å². The molecule has 5 heterocycles. The first-order valence-electron chi connectivity index (χ1n) is 22.9. The van der Waals surface area contributed by atoms with E-state index < -0.39 is 85.5 Å². The maximum Gasteiger partial charge on any atom is 0.394 e. The van der Waals surface area contributed by atoms with Crippen molar-refractivity contribution in [1.29, 1.82) is 0 Å². The number of carbonyl (C=O) groups is 1. The van der Waals surface area contributed by atoms with Gasteiger partial charge in [-0.25, -0.2) is 9.59 Å². The highest BCUT2D eigenvalue weighted by atomic mass is 32.3. The van der Waals surface area contributed by atoms with Crippen molar-refractivity contribution in [2.24, 2.45) is 29.1 Å². The fraction of sp³-hybridized carbons (Fsp3) is 0.702. The number of furan rings is 1. The normalized spacial score (nSPS) is 42.6. The zero-order chi connectivity index (χ0) is 48.5. The standard InChI is InChI=1S/C32H49NO9.C15H14O4.H2O4S/c1-6-18(3)25(35)41-24-11-12-26(4)19-8-9-20-28(37)13-23(34)31(39)21(29(28,38)16-30(20,26)42-32(19,24)40)15-33-14-17(2)7-10-22(33)27(31,5)36;1-8(2)14-15(17-3)10-6-9-4-5-13(16)18-11(9)7-12(10)19-14;1-5(2,3)4/h6,17,19-24,34,36-40H,7-16H2,1-5H3;4-8H,1-3H3;(H2,1,2,3,4). The molecule has 19 heteroatoms. The van der Waals surface area contributed by atoms with E-state index in [1.54, 1.807) is 46.1 Å². The number of esters is 1. The van der Waals surface area contributed by atoms with Crippen LogP contribution in [0.1, 0.15) is 112 Å². The number of allylic oxidation sites excluding steroid dienone is 1. The summed E-state index contributed by atoms with van der Waals surface area (Å²) in [6.45, 7) is 14.1. The molecule has 66 heavy (non-hydrogen) atoms. The average molecular weight is 948 g/mol. The van der Waals surface area contributed by atoms with Crippen LogP contribution in [0.3, 0.4) is 0 Å². The van der Waals surface area contributed by atoms with E-state index >= 15 is 0 Å². The van der Waals surface area contributed by atoms with Crippen molar-refractivity contribution in [2.75, 3.05) is 20.2 Å². The van der Waals surface area contributed by atoms with Crippen LogP contribution in [0.25, 0.3) is 21.9 Å². The number of benzene rings is 1. The van der Waals surface area contributed by atoms with Gasteiger partial charge in [0, 0.05) is 84.2 Å². The van der Waals surface area contributed by atoms with Crippen molar-refractivity contribution in [3.05, 3.63) is 52.1 Å². The van der Waals surface area contributed by atoms with Gasteiger partial charge in [-0.2, -0.15) is 8.42 Å². The first kappa shape index (κ1) is 49.0. The highest BCUT2D eigenvalue weighted by molar-refractivity contribution is 7.79. The third-order valence-corrected chi connectivity index (χ3v) is 17.2. The van der Waals surface area contributed by atoms with Crippen molar-refractivity contribution in [3.63, 3.8) is 0 Å². The molecule has 14 atom stereocenters. The summed E-state index contributed by atoms with van der Waals surface area (Å²) in [7, 11) is -3.04. The van der Waals surface area contributed by atoms with E-state index in [2.05, 4.69) is 11.8 Å². The Morgan fingerprint density at radius 1 is 0.924 bits per heavy atom. The summed E-state index contributed by atoms with van der Waals surface area (Å²) in [5.74, 6) is -2.28. The number of nitrogens with zero attached hydrogens (tertiary/aromatic N) is 1. The monoisotopic (exact) mass is 947 g/mol. The molecule has 3 aliphatic heterocycles. The van der Waals surface area contributed by atoms with Crippen molar-refractivity contribution in [2.45, 2.75) is 158 Å². The lowest BCUT2D eigenvalue weighted by Crippen LogP contribution is -2.85. The van der Waals surface area contributed by atoms with Crippen molar-refractivity contribution in [3.8, 4) is 5.75 Å². The van der Waals surface area contributed by atoms with Gasteiger partial charge in [0.05, 0.1) is 24.2 Å². The minimum Gasteiger partial charge on any atom is -0.492 e. The molecule has 0 amide bonds. The fourth-order valence-corrected chi connectivity index (χ4v) is 14.0. The number of piperidine rings is 2. The van der Waals surface area contributed by atoms with Crippen LogP contribution < -0.4 is 10.4 Å². The third-order valence-electron chi connectivity index (χ3n) is 17.2. The molecule has 0 radical (unpaired) electrons. The Labute approximate surface area is 383 Å². The Kier molecular flexibility index (Phi) is 11.9. The number of hydrogen-bond acceptors (Lipinski definition) is 16. The Hall–Kier alpha value is -3.47. The number of aliphatic hydroxyl groups excluding tert-OH is 1. The Balaban J connectivity index is 0.000000204. The highest BCUT2D eigenvalue weighted by Gasteiger charge is 2.88. The van der Waals surface area contributed by atoms with E-state index in [4.69, 9.17) is 40.6 Å². The Bertz CT molecular complexity index is 2600. The molecule has 18 nitrogen and oxygen atoms in total. The van der Waals surface area contributed by atoms with Crippen molar-refractivity contribution < 1.29 is 76.0 Å². The summed E-state index contributed by atoms with van der Waals surface area (Å²) in [6, 6.07) is 6.41. The molecule has 4 saturated carbocycles. The van der Waals surface area contributed by atoms with Gasteiger partial charge in [0.15, 0.2) is 11.9 Å². The van der Waals surface area contributed by atoms with E-state index in [0.29, 0.717) is 61.3 Å². The molecule has 2 aromatic heterocycles. The molecule has 10 rings (SSSR count). The van der Waals surface area contributed by atoms with Gasteiger partial charge < -0.3 is 53.7 Å². The van der Waals surface area contributed by atoms with Crippen LogP contribution in [0.4, 0.5) is 0 Å². The minimum atomic E-state index is -4.67. The number of rotatable bonds is 4. The molecule has 4 bridgehead atoms. The molecule has 4 aliphatic carbocycles. The lowest BCUT2D eigenvalue weighted by molar-refractivity contribution is -0.354. The molecule has 3 saturated heterocycles. The number of hydrogen-bond donors (Lipinski definition) is 8. The highest BCUT2D eigenvalue weighted by Crippen LogP contribution is 2.78. The summed E-state index contributed by atoms with van der Waals surface area (Å²) in [5.41, 5.74) is -8.14. The predicted molar refractivity (Wildman–Crippen MR) is 237 cm³/mol. The summed E-state index contributed by atoms with van der Waals surface area (Å²) in [5, 5.41) is 75.7. The Morgan fingerprint density at radius 2 is 1.59 bits per heavy atom. The molecule has 1 aromatic carbocycles. The SMILES string of the molecule is CC=C(C)C(=O)OC1CCC2(C)C3CCC4C5(O)CC(O)C6(O)C(CN7CC(C)CCC7C6(C)O)C5(O)CC42OC13O.COc1c(C(C)C)oc2cc3oc(=O)ccc3cc12.O=S(=O)(O)O. The van der Waals surface area contributed by atoms with Gasteiger partial charge >= 0.3 is 22.0 Å². The van der Waals surface area contributed by atoms with E-state index in [9.17, 15) is 40.2 Å². The van der Waals surface area contributed by atoms with Crippen LogP contribution in [0.2, 0.25) is 0 Å². The van der Waals surface area contributed by atoms with Gasteiger partial charge in [-0.05, 0) is 77.3 Å². The second-order valence-electron chi connectivity index (χ2n) is 20.9. The van der Waals surface area contributed by atoms with Crippen molar-refractivity contribution in [1.82, 2.24) is 4.90 Å². The summed E-state index contributed by atoms with van der Waals surface area (Å²) < 4.78 is 60.6. The molecule has 366 valence electrons. The summed E-state index contributed by atoms with van der Waals surface area (Å²) >= 11 is 0. The first-order chi connectivity index (χ1) is 30.6. The largest absolute Gasteiger partial charge is 0.492 e. The zero-order valence-corrected chi connectivity index (χ0v) is 39.5. The molecular weight excluding hydrogens is 883 g/mol. The van der Waals surface area contributed by atoms with E-state index in [1.807, 2.05) is 26.8 Å².